The van der Waals surface area contributed by atoms with Gasteiger partial charge in [0.2, 0.25) is 0 Å². The molecule has 0 saturated heterocycles. The zero-order chi connectivity index (χ0) is 17.2. The van der Waals surface area contributed by atoms with Gasteiger partial charge in [0, 0.05) is 0 Å². The summed E-state index contributed by atoms with van der Waals surface area (Å²) in [5.74, 6) is 0. The molecule has 142 valence electrons. The molecule has 1 nitrogen and oxygen atoms in total. The standard InChI is InChI=1S/C21H47OP/c1-5-8-11-14-15-16-19-22-23(4,20-17-12-9-6-2)21-18-13-10-7-3/h23H,5-21H2,1-4H3. The summed E-state index contributed by atoms with van der Waals surface area (Å²) in [6.07, 6.45) is 22.1. The first-order valence-corrected chi connectivity index (χ1v) is 13.6. The van der Waals surface area contributed by atoms with Crippen molar-refractivity contribution in [1.82, 2.24) is 0 Å². The monoisotopic (exact) mass is 346 g/mol. The molecule has 0 bridgehead atoms. The Morgan fingerprint density at radius 2 is 0.913 bits per heavy atom. The Kier molecular flexibility index (Phi) is 17.5. The molecule has 0 saturated carbocycles. The van der Waals surface area contributed by atoms with Gasteiger partial charge >= 0.3 is 148 Å². The van der Waals surface area contributed by atoms with Crippen molar-refractivity contribution in [3.63, 3.8) is 0 Å². The molecule has 23 heavy (non-hydrogen) atoms. The Bertz CT molecular complexity index is 218. The molecule has 0 aliphatic carbocycles. The molecule has 0 rings (SSSR count). The van der Waals surface area contributed by atoms with Gasteiger partial charge in [0.05, 0.1) is 0 Å². The predicted molar refractivity (Wildman–Crippen MR) is 112 cm³/mol. The van der Waals surface area contributed by atoms with Crippen LogP contribution in [0.25, 0.3) is 0 Å². The van der Waals surface area contributed by atoms with Crippen molar-refractivity contribution in [1.29, 1.82) is 0 Å². The first kappa shape index (κ1) is 23.4. The predicted octanol–water partition coefficient (Wildman–Crippen LogP) is 7.82. The Balaban J connectivity index is 3.94. The molecular formula is C21H47OP. The first-order chi connectivity index (χ1) is 11.2. The van der Waals surface area contributed by atoms with E-state index in [1.165, 1.54) is 102 Å². The van der Waals surface area contributed by atoms with Crippen molar-refractivity contribution in [2.45, 2.75) is 111 Å². The van der Waals surface area contributed by atoms with Crippen LogP contribution in [0.3, 0.4) is 0 Å². The van der Waals surface area contributed by atoms with E-state index in [4.69, 9.17) is 4.52 Å². The Morgan fingerprint density at radius 1 is 0.522 bits per heavy atom. The minimum atomic E-state index is -1.42. The van der Waals surface area contributed by atoms with Crippen molar-refractivity contribution < 1.29 is 4.52 Å². The normalized spacial score (nSPS) is 12.7. The van der Waals surface area contributed by atoms with Crippen molar-refractivity contribution in [2.75, 3.05) is 25.6 Å². The van der Waals surface area contributed by atoms with Gasteiger partial charge in [-0.05, 0) is 0 Å². The second-order valence-electron chi connectivity index (χ2n) is 7.69. The number of hydrogen-bond donors (Lipinski definition) is 0. The quantitative estimate of drug-likeness (QED) is 0.181. The average molecular weight is 347 g/mol. The summed E-state index contributed by atoms with van der Waals surface area (Å²) in [6.45, 7) is 10.4. The average Bonchev–Trinajstić information content (AvgIpc) is 2.55. The topological polar surface area (TPSA) is 9.23 Å². The van der Waals surface area contributed by atoms with Crippen molar-refractivity contribution in [3.8, 4) is 0 Å². The maximum absolute atomic E-state index is 6.54. The summed E-state index contributed by atoms with van der Waals surface area (Å²) in [4.78, 5) is 0. The van der Waals surface area contributed by atoms with Gasteiger partial charge in [-0.15, -0.1) is 0 Å². The van der Waals surface area contributed by atoms with Gasteiger partial charge in [-0.3, -0.25) is 0 Å². The molecule has 0 fully saturated rings. The molecule has 0 heterocycles. The fraction of sp³-hybridized carbons (Fsp3) is 1.00. The van der Waals surface area contributed by atoms with Crippen LogP contribution in [-0.4, -0.2) is 25.6 Å². The second kappa shape index (κ2) is 17.2. The fourth-order valence-electron chi connectivity index (χ4n) is 3.32. The molecule has 0 aromatic rings. The maximum atomic E-state index is 6.54. The van der Waals surface area contributed by atoms with Crippen molar-refractivity contribution in [2.24, 2.45) is 0 Å². The third-order valence-electron chi connectivity index (χ3n) is 5.07. The van der Waals surface area contributed by atoms with E-state index in [9.17, 15) is 0 Å². The van der Waals surface area contributed by atoms with Gasteiger partial charge in [-0.25, -0.2) is 0 Å². The van der Waals surface area contributed by atoms with Crippen LogP contribution < -0.4 is 0 Å². The van der Waals surface area contributed by atoms with Crippen LogP contribution in [0.15, 0.2) is 0 Å². The zero-order valence-electron chi connectivity index (χ0n) is 16.9. The van der Waals surface area contributed by atoms with E-state index in [1.807, 2.05) is 0 Å². The molecule has 0 N–H and O–H groups in total. The van der Waals surface area contributed by atoms with E-state index in [1.54, 1.807) is 0 Å². The SMILES string of the molecule is CCCCCCCCO[PH](C)(CCCCCC)CCCCCC. The molecule has 0 spiro atoms. The van der Waals surface area contributed by atoms with Crippen LogP contribution in [0, 0.1) is 0 Å². The molecule has 0 aromatic heterocycles. The van der Waals surface area contributed by atoms with Gasteiger partial charge in [0.1, 0.15) is 0 Å². The number of hydrogen-bond acceptors (Lipinski definition) is 1. The van der Waals surface area contributed by atoms with E-state index in [0.29, 0.717) is 0 Å². The molecule has 0 unspecified atom stereocenters. The number of unbranched alkanes of at least 4 members (excludes halogenated alkanes) is 11. The zero-order valence-corrected chi connectivity index (χ0v) is 17.9. The Hall–Kier alpha value is 0.390. The third kappa shape index (κ3) is 15.6. The van der Waals surface area contributed by atoms with Gasteiger partial charge in [-0.1, -0.05) is 0 Å². The number of rotatable bonds is 18. The first-order valence-electron chi connectivity index (χ1n) is 10.8. The summed E-state index contributed by atoms with van der Waals surface area (Å²) in [5, 5.41) is 0. The summed E-state index contributed by atoms with van der Waals surface area (Å²) >= 11 is 0. The van der Waals surface area contributed by atoms with Crippen molar-refractivity contribution >= 4 is 7.49 Å². The van der Waals surface area contributed by atoms with E-state index in [2.05, 4.69) is 27.4 Å². The van der Waals surface area contributed by atoms with Crippen LogP contribution in [0.2, 0.25) is 0 Å². The molecule has 0 aromatic carbocycles. The van der Waals surface area contributed by atoms with Gasteiger partial charge in [-0.2, -0.15) is 0 Å². The molecule has 0 aliphatic rings. The van der Waals surface area contributed by atoms with Crippen LogP contribution in [0.5, 0.6) is 0 Å². The molecular weight excluding hydrogens is 299 g/mol. The van der Waals surface area contributed by atoms with Crippen LogP contribution in [-0.2, 0) is 4.52 Å². The molecule has 0 amide bonds. The van der Waals surface area contributed by atoms with Gasteiger partial charge in [0.15, 0.2) is 0 Å². The summed E-state index contributed by atoms with van der Waals surface area (Å²) < 4.78 is 6.54. The molecule has 0 aliphatic heterocycles. The molecule has 0 radical (unpaired) electrons. The second-order valence-corrected chi connectivity index (χ2v) is 11.9. The molecule has 0 atom stereocenters. The summed E-state index contributed by atoms with van der Waals surface area (Å²) in [7, 11) is -1.42. The summed E-state index contributed by atoms with van der Waals surface area (Å²) in [6, 6.07) is 0. The molecule has 2 heteroatoms. The fourth-order valence-corrected chi connectivity index (χ4v) is 6.49. The van der Waals surface area contributed by atoms with Crippen LogP contribution in [0.4, 0.5) is 0 Å². The third-order valence-corrected chi connectivity index (χ3v) is 8.79. The van der Waals surface area contributed by atoms with E-state index >= 15 is 0 Å². The van der Waals surface area contributed by atoms with E-state index < -0.39 is 7.49 Å². The van der Waals surface area contributed by atoms with Crippen LogP contribution in [0.1, 0.15) is 111 Å². The Labute approximate surface area is 148 Å². The Morgan fingerprint density at radius 3 is 1.39 bits per heavy atom. The van der Waals surface area contributed by atoms with Crippen LogP contribution >= 0.6 is 7.49 Å². The minimum absolute atomic E-state index is 1.04. The van der Waals surface area contributed by atoms with Gasteiger partial charge < -0.3 is 0 Å². The van der Waals surface area contributed by atoms with Crippen molar-refractivity contribution in [3.05, 3.63) is 0 Å². The van der Waals surface area contributed by atoms with E-state index in [0.717, 1.165) is 6.61 Å². The van der Waals surface area contributed by atoms with E-state index in [-0.39, 0.29) is 0 Å². The van der Waals surface area contributed by atoms with Gasteiger partial charge in [0.25, 0.3) is 0 Å². The summed E-state index contributed by atoms with van der Waals surface area (Å²) in [5.41, 5.74) is 0.